The lowest BCUT2D eigenvalue weighted by Crippen LogP contribution is -2.65. The van der Waals surface area contributed by atoms with Gasteiger partial charge in [-0.1, -0.05) is 52.0 Å². The number of ketones is 1. The summed E-state index contributed by atoms with van der Waals surface area (Å²) in [6.07, 6.45) is 11.0. The number of aliphatic hydroxyl groups is 3. The molecule has 6 saturated heterocycles. The Kier molecular flexibility index (Phi) is 11.4. The topological polar surface area (TPSA) is 174 Å². The van der Waals surface area contributed by atoms with Crippen molar-refractivity contribution in [3.8, 4) is 0 Å². The molecular formula is C54H76N2O12. The Morgan fingerprint density at radius 3 is 1.59 bits per heavy atom. The maximum absolute atomic E-state index is 14.1. The molecule has 14 heteroatoms. The molecule has 6 aliphatic heterocycles. The van der Waals surface area contributed by atoms with E-state index in [-0.39, 0.29) is 89.3 Å². The normalized spacial score (nSPS) is 51.8. The molecule has 2 unspecified atom stereocenters. The van der Waals surface area contributed by atoms with E-state index < -0.39 is 64.9 Å². The lowest BCUT2D eigenvalue weighted by molar-refractivity contribution is -0.198. The summed E-state index contributed by atoms with van der Waals surface area (Å²) in [5.41, 5.74) is -0.186. The number of rotatable bonds is 6. The molecule has 374 valence electrons. The van der Waals surface area contributed by atoms with Crippen molar-refractivity contribution >= 4 is 17.7 Å². The lowest BCUT2D eigenvalue weighted by Gasteiger charge is -2.56. The molecule has 6 heterocycles. The first-order valence-corrected chi connectivity index (χ1v) is 26.1. The zero-order valence-electron chi connectivity index (χ0n) is 41.8. The Labute approximate surface area is 401 Å². The molecule has 23 atom stereocenters. The molecule has 68 heavy (non-hydrogen) atoms. The Hall–Kier alpha value is -2.79. The number of hydrogen-bond donors (Lipinski definition) is 3. The average molecular weight is 945 g/mol. The third kappa shape index (κ3) is 5.92. The molecule has 0 aromatic heterocycles. The highest BCUT2D eigenvalue weighted by Gasteiger charge is 2.75. The smallest absolute Gasteiger partial charge is 0.343 e. The molecule has 8 bridgehead atoms. The highest BCUT2D eigenvalue weighted by atomic mass is 16.6. The van der Waals surface area contributed by atoms with Gasteiger partial charge in [-0.2, -0.15) is 0 Å². The minimum Gasteiger partial charge on any atom is -0.457 e. The number of esters is 2. The van der Waals surface area contributed by atoms with Crippen molar-refractivity contribution in [2.45, 2.75) is 171 Å². The maximum atomic E-state index is 14.1. The van der Waals surface area contributed by atoms with Crippen LogP contribution >= 0.6 is 0 Å². The van der Waals surface area contributed by atoms with E-state index in [1.165, 1.54) is 25.7 Å². The van der Waals surface area contributed by atoms with Crippen molar-refractivity contribution in [2.75, 3.05) is 40.4 Å². The summed E-state index contributed by atoms with van der Waals surface area (Å²) in [4.78, 5) is 45.9. The van der Waals surface area contributed by atoms with Crippen LogP contribution in [0.2, 0.25) is 0 Å². The average Bonchev–Trinajstić information content (AvgIpc) is 4.10. The molecule has 12 rings (SSSR count). The van der Waals surface area contributed by atoms with Gasteiger partial charge >= 0.3 is 11.9 Å². The number of methoxy groups -OCH3 is 2. The van der Waals surface area contributed by atoms with Gasteiger partial charge in [-0.25, -0.2) is 9.59 Å². The zero-order chi connectivity index (χ0) is 48.3. The highest BCUT2D eigenvalue weighted by molar-refractivity contribution is 5.91. The van der Waals surface area contributed by atoms with Crippen LogP contribution in [-0.4, -0.2) is 160 Å². The third-order valence-electron chi connectivity index (χ3n) is 20.5. The third-order valence-corrected chi connectivity index (χ3v) is 20.5. The number of Topliss-reactive ketones (excluding diaryl/α,β-unsaturated/α-hetero) is 1. The number of cyclic esters (lactones) is 2. The van der Waals surface area contributed by atoms with Crippen LogP contribution < -0.4 is 0 Å². The molecule has 0 aromatic carbocycles. The molecule has 14 nitrogen and oxygen atoms in total. The number of aliphatic hydroxyl groups excluding tert-OH is 3. The Morgan fingerprint density at radius 1 is 0.647 bits per heavy atom. The van der Waals surface area contributed by atoms with Gasteiger partial charge in [0.05, 0.1) is 36.4 Å². The van der Waals surface area contributed by atoms with E-state index in [0.29, 0.717) is 12.8 Å². The van der Waals surface area contributed by atoms with Crippen molar-refractivity contribution < 1.29 is 58.1 Å². The first-order valence-electron chi connectivity index (χ1n) is 26.1. The molecule has 3 N–H and O–H groups in total. The number of ether oxygens (including phenoxy) is 6. The Bertz CT molecular complexity index is 2230. The predicted molar refractivity (Wildman–Crippen MR) is 249 cm³/mol. The molecule has 0 radical (unpaired) electrons. The SMILES string of the molecule is CO[C@]12C[C@H]3C=C[C@@H]4[C@H]5C(=O)C(C)C(N6CCCC6)[C@@H]4O[C@@]35C(C)=C1[C@@H](C)[C@@H]([C@@H](C)O)OC2=O.CO[C@]12C[C@H]3C=C[C@H]4[C@H]5O[C@]3(C(C)=C1[C@@H](C)[C@@H]([C@@H](C)O)OC2=O)[C@@H]4[C@H](O)[C@@H](C)[C@@H]5N1CCCC1. The predicted octanol–water partition coefficient (Wildman–Crippen LogP) is 4.34. The summed E-state index contributed by atoms with van der Waals surface area (Å²) in [6.45, 7) is 19.8. The van der Waals surface area contributed by atoms with Crippen LogP contribution in [-0.2, 0) is 42.8 Å². The van der Waals surface area contributed by atoms with Crippen LogP contribution in [0, 0.1) is 59.2 Å². The molecule has 2 saturated carbocycles. The van der Waals surface area contributed by atoms with Gasteiger partial charge in [0.1, 0.15) is 29.2 Å². The highest BCUT2D eigenvalue weighted by Crippen LogP contribution is 2.67. The van der Waals surface area contributed by atoms with Gasteiger partial charge in [0.2, 0.25) is 0 Å². The van der Waals surface area contributed by atoms with Crippen LogP contribution in [0.3, 0.4) is 0 Å². The molecule has 8 fully saturated rings. The largest absolute Gasteiger partial charge is 0.457 e. The van der Waals surface area contributed by atoms with Crippen LogP contribution in [0.4, 0.5) is 0 Å². The monoisotopic (exact) mass is 945 g/mol. The Balaban J connectivity index is 0.000000149. The van der Waals surface area contributed by atoms with Gasteiger partial charge in [-0.15, -0.1) is 0 Å². The summed E-state index contributed by atoms with van der Waals surface area (Å²) < 4.78 is 37.9. The summed E-state index contributed by atoms with van der Waals surface area (Å²) in [7, 11) is 3.13. The fraction of sp³-hybridized carbons (Fsp3) is 0.796. The van der Waals surface area contributed by atoms with Crippen LogP contribution in [0.5, 0.6) is 0 Å². The van der Waals surface area contributed by atoms with Crippen LogP contribution in [0.1, 0.15) is 93.9 Å². The van der Waals surface area contributed by atoms with E-state index in [0.717, 1.165) is 48.5 Å². The second kappa shape index (κ2) is 16.4. The molecule has 12 aliphatic rings. The number of carbonyl (C=O) groups is 3. The van der Waals surface area contributed by atoms with Crippen LogP contribution in [0.15, 0.2) is 46.6 Å². The number of hydrogen-bond acceptors (Lipinski definition) is 14. The van der Waals surface area contributed by atoms with Gasteiger partial charge in [-0.3, -0.25) is 14.6 Å². The first-order chi connectivity index (χ1) is 32.4. The zero-order valence-corrected chi connectivity index (χ0v) is 41.8. The van der Waals surface area contributed by atoms with Crippen molar-refractivity contribution in [3.63, 3.8) is 0 Å². The summed E-state index contributed by atoms with van der Waals surface area (Å²) in [5.74, 6) is -1.38. The second-order valence-electron chi connectivity index (χ2n) is 23.2. The maximum Gasteiger partial charge on any atom is 0.343 e. The molecule has 0 aromatic rings. The van der Waals surface area contributed by atoms with E-state index >= 15 is 0 Å². The van der Waals surface area contributed by atoms with Crippen molar-refractivity contribution in [1.82, 2.24) is 9.80 Å². The first kappa shape index (κ1) is 47.5. The molecule has 0 amide bonds. The number of carbonyl (C=O) groups excluding carboxylic acids is 3. The van der Waals surface area contributed by atoms with Crippen molar-refractivity contribution in [3.05, 3.63) is 46.6 Å². The van der Waals surface area contributed by atoms with Crippen molar-refractivity contribution in [2.24, 2.45) is 59.2 Å². The molecule has 6 aliphatic carbocycles. The van der Waals surface area contributed by atoms with E-state index in [4.69, 9.17) is 28.4 Å². The molecule has 2 spiro atoms. The fourth-order valence-corrected chi connectivity index (χ4v) is 17.7. The van der Waals surface area contributed by atoms with Crippen molar-refractivity contribution in [1.29, 1.82) is 0 Å². The minimum absolute atomic E-state index is 0.0201. The number of likely N-dealkylation sites (tertiary alicyclic amines) is 2. The minimum atomic E-state index is -1.22. The Morgan fingerprint density at radius 2 is 1.09 bits per heavy atom. The summed E-state index contributed by atoms with van der Waals surface area (Å²) in [6, 6.07) is 0.275. The second-order valence-corrected chi connectivity index (χ2v) is 23.2. The van der Waals surface area contributed by atoms with E-state index in [1.54, 1.807) is 28.1 Å². The van der Waals surface area contributed by atoms with Crippen LogP contribution in [0.25, 0.3) is 0 Å². The van der Waals surface area contributed by atoms with E-state index in [9.17, 15) is 29.7 Å². The number of nitrogens with zero attached hydrogens (tertiary/aromatic N) is 2. The quantitative estimate of drug-likeness (QED) is 0.254. The standard InChI is InChI=1S/C27H39NO6.C27H37NO6/c2*1-13-19-15(3)27-17(12-26(19,32-5)25(31)33-23(13)16(4)29)8-9-18-20(27)22(30)14(2)21(24(18)34-27)28-10-6-7-11-28/h8-9,13-14,16-18,20-24,29-30H,6-7,10-12H2,1-5H3;8-9,13-14,16-18,20-21,23-24,29H,6-7,10-12H2,1-5H3/t13-,14+,16-,17-,18-,20+,21+,22-,23+,24-,26-,27+;13-,14?,16-,17-,18-,20+,21?,23+,24-,26-,27+/m11/s1. The summed E-state index contributed by atoms with van der Waals surface area (Å²) >= 11 is 0. The van der Waals surface area contributed by atoms with Gasteiger partial charge in [0.25, 0.3) is 0 Å². The van der Waals surface area contributed by atoms with Gasteiger partial charge in [0, 0.05) is 92.4 Å². The fourth-order valence-electron chi connectivity index (χ4n) is 17.7. The van der Waals surface area contributed by atoms with Gasteiger partial charge < -0.3 is 43.7 Å². The van der Waals surface area contributed by atoms with E-state index in [2.05, 4.69) is 54.9 Å². The molecular weight excluding hydrogens is 869 g/mol. The number of fused-ring (bicyclic) bond motifs is 2. The van der Waals surface area contributed by atoms with Gasteiger partial charge in [-0.05, 0) is 102 Å². The lowest BCUT2D eigenvalue weighted by atomic mass is 9.52. The van der Waals surface area contributed by atoms with E-state index in [1.807, 2.05) is 20.8 Å². The van der Waals surface area contributed by atoms with Gasteiger partial charge in [0.15, 0.2) is 11.2 Å². The summed E-state index contributed by atoms with van der Waals surface area (Å²) in [5, 5.41) is 32.6.